The normalized spacial score (nSPS) is 12.4. The number of anilines is 1. The molecule has 0 aliphatic carbocycles. The van der Waals surface area contributed by atoms with Crippen LogP contribution in [-0.2, 0) is 0 Å². The van der Waals surface area contributed by atoms with E-state index in [1.807, 2.05) is 31.3 Å². The van der Waals surface area contributed by atoms with Gasteiger partial charge in [0.1, 0.15) is 0 Å². The summed E-state index contributed by atoms with van der Waals surface area (Å²) >= 11 is 7.76. The fourth-order valence-corrected chi connectivity index (χ4v) is 3.21. The minimum absolute atomic E-state index is 0.401. The van der Waals surface area contributed by atoms with Crippen molar-refractivity contribution in [3.63, 3.8) is 0 Å². The Hall–Kier alpha value is -1.10. The van der Waals surface area contributed by atoms with Crippen molar-refractivity contribution < 1.29 is 0 Å². The third kappa shape index (κ3) is 3.26. The van der Waals surface area contributed by atoms with Crippen LogP contribution in [0.25, 0.3) is 11.3 Å². The Labute approximate surface area is 122 Å². The van der Waals surface area contributed by atoms with E-state index in [0.717, 1.165) is 27.8 Å². The maximum Gasteiger partial charge on any atom is 0.183 e. The number of rotatable bonds is 5. The number of benzene rings is 1. The van der Waals surface area contributed by atoms with Crippen molar-refractivity contribution in [2.45, 2.75) is 19.3 Å². The molecule has 19 heavy (non-hydrogen) atoms. The van der Waals surface area contributed by atoms with Crippen molar-refractivity contribution in [2.24, 2.45) is 5.73 Å². The monoisotopic (exact) mass is 295 g/mol. The second-order valence-corrected chi connectivity index (χ2v) is 5.94. The van der Waals surface area contributed by atoms with Gasteiger partial charge in [0.15, 0.2) is 5.13 Å². The Balaban J connectivity index is 2.46. The molecule has 3 N–H and O–H groups in total. The van der Waals surface area contributed by atoms with Gasteiger partial charge in [-0.05, 0) is 31.0 Å². The molecule has 1 heterocycles. The van der Waals surface area contributed by atoms with Gasteiger partial charge in [-0.15, -0.1) is 11.3 Å². The number of nitrogens with zero attached hydrogens (tertiary/aromatic N) is 1. The third-order valence-corrected chi connectivity index (χ3v) is 4.55. The molecular weight excluding hydrogens is 278 g/mol. The topological polar surface area (TPSA) is 50.9 Å². The van der Waals surface area contributed by atoms with Crippen molar-refractivity contribution >= 4 is 28.1 Å². The van der Waals surface area contributed by atoms with Crippen molar-refractivity contribution in [3.8, 4) is 11.3 Å². The van der Waals surface area contributed by atoms with E-state index in [2.05, 4.69) is 17.2 Å². The third-order valence-electron chi connectivity index (χ3n) is 3.01. The van der Waals surface area contributed by atoms with Crippen molar-refractivity contribution in [2.75, 3.05) is 18.9 Å². The lowest BCUT2D eigenvalue weighted by Gasteiger charge is -2.09. The fraction of sp³-hybridized carbons (Fsp3) is 0.357. The summed E-state index contributed by atoms with van der Waals surface area (Å²) in [6, 6.07) is 7.82. The van der Waals surface area contributed by atoms with Gasteiger partial charge in [-0.3, -0.25) is 0 Å². The molecule has 2 rings (SSSR count). The predicted molar refractivity (Wildman–Crippen MR) is 84.2 cm³/mol. The zero-order valence-corrected chi connectivity index (χ0v) is 12.7. The highest BCUT2D eigenvalue weighted by Gasteiger charge is 2.17. The Kier molecular flexibility index (Phi) is 4.80. The molecule has 1 aromatic heterocycles. The maximum absolute atomic E-state index is 6.07. The largest absolute Gasteiger partial charge is 0.365 e. The van der Waals surface area contributed by atoms with E-state index in [-0.39, 0.29) is 0 Å². The standard InChI is InChI=1S/C14H18ClN3S/c1-9(6-7-16)13-12(18-14(17-2)19-13)10-4-3-5-11(15)8-10/h3-5,8-9H,6-7,16H2,1-2H3,(H,17,18). The molecule has 1 unspecified atom stereocenters. The van der Waals surface area contributed by atoms with Gasteiger partial charge in [0.05, 0.1) is 5.69 Å². The molecule has 0 aliphatic heterocycles. The van der Waals surface area contributed by atoms with E-state index >= 15 is 0 Å². The smallest absolute Gasteiger partial charge is 0.183 e. The summed E-state index contributed by atoms with van der Waals surface area (Å²) in [4.78, 5) is 5.91. The molecule has 0 bridgehead atoms. The van der Waals surface area contributed by atoms with Crippen LogP contribution in [0.5, 0.6) is 0 Å². The number of aromatic nitrogens is 1. The first-order valence-corrected chi connectivity index (χ1v) is 7.49. The Morgan fingerprint density at radius 2 is 2.26 bits per heavy atom. The van der Waals surface area contributed by atoms with Gasteiger partial charge < -0.3 is 11.1 Å². The highest BCUT2D eigenvalue weighted by molar-refractivity contribution is 7.16. The molecule has 3 nitrogen and oxygen atoms in total. The minimum Gasteiger partial charge on any atom is -0.365 e. The average Bonchev–Trinajstić information content (AvgIpc) is 2.83. The molecule has 0 aliphatic rings. The van der Waals surface area contributed by atoms with E-state index in [9.17, 15) is 0 Å². The van der Waals surface area contributed by atoms with Crippen LogP contribution in [0.2, 0.25) is 5.02 Å². The van der Waals surface area contributed by atoms with Gasteiger partial charge in [-0.25, -0.2) is 4.98 Å². The number of halogens is 1. The second kappa shape index (κ2) is 6.37. The van der Waals surface area contributed by atoms with Gasteiger partial charge in [0, 0.05) is 22.5 Å². The zero-order chi connectivity index (χ0) is 13.8. The number of hydrogen-bond acceptors (Lipinski definition) is 4. The summed E-state index contributed by atoms with van der Waals surface area (Å²) in [6.45, 7) is 2.87. The first-order valence-electron chi connectivity index (χ1n) is 6.30. The van der Waals surface area contributed by atoms with Crippen LogP contribution in [0, 0.1) is 0 Å². The van der Waals surface area contributed by atoms with Crippen LogP contribution >= 0.6 is 22.9 Å². The van der Waals surface area contributed by atoms with Crippen LogP contribution in [0.1, 0.15) is 24.1 Å². The van der Waals surface area contributed by atoms with Gasteiger partial charge in [-0.1, -0.05) is 30.7 Å². The molecule has 2 aromatic rings. The van der Waals surface area contributed by atoms with Crippen LogP contribution in [0.3, 0.4) is 0 Å². The van der Waals surface area contributed by atoms with Crippen molar-refractivity contribution in [1.29, 1.82) is 0 Å². The summed E-state index contributed by atoms with van der Waals surface area (Å²) in [7, 11) is 1.89. The quantitative estimate of drug-likeness (QED) is 0.878. The lowest BCUT2D eigenvalue weighted by atomic mass is 10.0. The molecule has 1 aromatic carbocycles. The Morgan fingerprint density at radius 3 is 2.89 bits per heavy atom. The molecule has 0 fully saturated rings. The first kappa shape index (κ1) is 14.3. The van der Waals surface area contributed by atoms with E-state index < -0.39 is 0 Å². The van der Waals surface area contributed by atoms with Crippen molar-refractivity contribution in [3.05, 3.63) is 34.2 Å². The van der Waals surface area contributed by atoms with Gasteiger partial charge in [0.25, 0.3) is 0 Å². The summed E-state index contributed by atoms with van der Waals surface area (Å²) in [5.74, 6) is 0.401. The molecule has 5 heteroatoms. The van der Waals surface area contributed by atoms with E-state index in [1.165, 1.54) is 4.88 Å². The summed E-state index contributed by atoms with van der Waals surface area (Å²) < 4.78 is 0. The molecule has 0 saturated heterocycles. The highest BCUT2D eigenvalue weighted by atomic mass is 35.5. The van der Waals surface area contributed by atoms with Crippen LogP contribution in [0.15, 0.2) is 24.3 Å². The molecule has 102 valence electrons. The summed E-state index contributed by atoms with van der Waals surface area (Å²) in [5.41, 5.74) is 7.74. The Morgan fingerprint density at radius 1 is 1.47 bits per heavy atom. The van der Waals surface area contributed by atoms with Gasteiger partial charge in [-0.2, -0.15) is 0 Å². The number of nitrogens with two attached hydrogens (primary N) is 1. The molecule has 0 radical (unpaired) electrons. The highest BCUT2D eigenvalue weighted by Crippen LogP contribution is 2.37. The molecule has 0 amide bonds. The van der Waals surface area contributed by atoms with Crippen molar-refractivity contribution in [1.82, 2.24) is 4.98 Å². The van der Waals surface area contributed by atoms with Crippen LogP contribution < -0.4 is 11.1 Å². The fourth-order valence-electron chi connectivity index (χ4n) is 2.00. The van der Waals surface area contributed by atoms with E-state index in [1.54, 1.807) is 11.3 Å². The molecule has 1 atom stereocenters. The Bertz CT molecular complexity index is 553. The van der Waals surface area contributed by atoms with E-state index in [4.69, 9.17) is 17.3 Å². The zero-order valence-electron chi connectivity index (χ0n) is 11.1. The number of nitrogens with one attached hydrogen (secondary N) is 1. The first-order chi connectivity index (χ1) is 9.15. The van der Waals surface area contributed by atoms with E-state index in [0.29, 0.717) is 12.5 Å². The lowest BCUT2D eigenvalue weighted by Crippen LogP contribution is -2.04. The molecular formula is C14H18ClN3S. The summed E-state index contributed by atoms with van der Waals surface area (Å²) in [6.07, 6.45) is 0.957. The molecule has 0 spiro atoms. The lowest BCUT2D eigenvalue weighted by molar-refractivity contribution is 0.701. The van der Waals surface area contributed by atoms with Crippen LogP contribution in [-0.4, -0.2) is 18.6 Å². The minimum atomic E-state index is 0.401. The van der Waals surface area contributed by atoms with Gasteiger partial charge >= 0.3 is 0 Å². The van der Waals surface area contributed by atoms with Crippen LogP contribution in [0.4, 0.5) is 5.13 Å². The second-order valence-electron chi connectivity index (χ2n) is 4.47. The van der Waals surface area contributed by atoms with Gasteiger partial charge in [0.2, 0.25) is 0 Å². The predicted octanol–water partition coefficient (Wildman–Crippen LogP) is 3.96. The molecule has 0 saturated carbocycles. The number of thiazole rings is 1. The average molecular weight is 296 g/mol. The maximum atomic E-state index is 6.07. The number of hydrogen-bond donors (Lipinski definition) is 2. The summed E-state index contributed by atoms with van der Waals surface area (Å²) in [5, 5.41) is 4.77. The SMILES string of the molecule is CNc1nc(-c2cccc(Cl)c2)c(C(C)CCN)s1.